The number of carbonyl (C=O) groups excluding carboxylic acids is 1. The minimum Gasteiger partial charge on any atom is -0.465 e. The summed E-state index contributed by atoms with van der Waals surface area (Å²) in [4.78, 5) is 27.4. The molecule has 1 aromatic carbocycles. The molecule has 2 aromatic heterocycles. The minimum absolute atomic E-state index is 0.0740. The lowest BCUT2D eigenvalue weighted by Gasteiger charge is -2.27. The zero-order chi connectivity index (χ0) is 24.3. The molecule has 2 atom stereocenters. The Labute approximate surface area is 190 Å². The number of amides is 2. The summed E-state index contributed by atoms with van der Waals surface area (Å²) in [6.45, 7) is 5.64. The molecule has 0 radical (unpaired) electrons. The maximum atomic E-state index is 14.9. The number of pyridine rings is 1. The molecule has 2 amide bonds. The zero-order valence-corrected chi connectivity index (χ0v) is 18.9. The average molecular weight is 458 g/mol. The summed E-state index contributed by atoms with van der Waals surface area (Å²) in [6.07, 6.45) is 1.04. The van der Waals surface area contributed by atoms with Crippen molar-refractivity contribution in [3.05, 3.63) is 41.8 Å². The Balaban J connectivity index is 2.00. The number of aryl methyl sites for hydroxylation is 1. The van der Waals surface area contributed by atoms with E-state index in [2.05, 4.69) is 26.0 Å². The van der Waals surface area contributed by atoms with Gasteiger partial charge in [0.15, 0.2) is 11.6 Å². The number of nitrogens with one attached hydrogen (secondary N) is 3. The van der Waals surface area contributed by atoms with Gasteiger partial charge in [0.2, 0.25) is 0 Å². The predicted molar refractivity (Wildman–Crippen MR) is 124 cm³/mol. The zero-order valence-electron chi connectivity index (χ0n) is 18.9. The summed E-state index contributed by atoms with van der Waals surface area (Å²) in [6, 6.07) is 5.54. The number of hydrogen-bond acceptors (Lipinski definition) is 6. The summed E-state index contributed by atoms with van der Waals surface area (Å²) in [5, 5.41) is 22.6. The highest BCUT2D eigenvalue weighted by Gasteiger charge is 2.24. The molecule has 3 aromatic rings. The summed E-state index contributed by atoms with van der Waals surface area (Å²) in [7, 11) is 1.81. The Kier molecular flexibility index (Phi) is 7.00. The van der Waals surface area contributed by atoms with Crippen LogP contribution in [-0.4, -0.2) is 44.0 Å². The molecule has 11 heteroatoms. The van der Waals surface area contributed by atoms with Crippen molar-refractivity contribution < 1.29 is 19.1 Å². The number of carboxylic acid groups (broad SMARTS) is 1. The van der Waals surface area contributed by atoms with Gasteiger partial charge in [-0.1, -0.05) is 19.9 Å². The number of hydrogen-bond donors (Lipinski definition) is 5. The molecule has 0 bridgehead atoms. The first-order chi connectivity index (χ1) is 15.6. The summed E-state index contributed by atoms with van der Waals surface area (Å²) < 4.78 is 16.6. The first-order valence-electron chi connectivity index (χ1n) is 10.5. The van der Waals surface area contributed by atoms with E-state index in [1.807, 2.05) is 26.0 Å². The van der Waals surface area contributed by atoms with Gasteiger partial charge < -0.3 is 26.8 Å². The van der Waals surface area contributed by atoms with Gasteiger partial charge in [-0.05, 0) is 37.5 Å². The van der Waals surface area contributed by atoms with Crippen molar-refractivity contribution >= 4 is 40.2 Å². The molecule has 0 aliphatic carbocycles. The molecular formula is C22H28FN7O3. The fraction of sp³-hybridized carbons (Fsp3) is 0.364. The highest BCUT2D eigenvalue weighted by atomic mass is 19.1. The number of benzene rings is 1. The van der Waals surface area contributed by atoms with Crippen LogP contribution in [-0.2, 0) is 7.05 Å². The molecule has 0 unspecified atom stereocenters. The van der Waals surface area contributed by atoms with Crippen molar-refractivity contribution in [3.63, 3.8) is 0 Å². The SMILES string of the molecule is CC(C)C[C@H](Nc1nc(Nc2cccc3c2cnn3C)c(C(N)=O)cc1F)[C@H](C)NC(=O)O. The largest absolute Gasteiger partial charge is 0.465 e. The van der Waals surface area contributed by atoms with Gasteiger partial charge in [0.05, 0.1) is 23.0 Å². The van der Waals surface area contributed by atoms with Crippen LogP contribution in [0.1, 0.15) is 37.6 Å². The van der Waals surface area contributed by atoms with E-state index in [1.165, 1.54) is 0 Å². The molecule has 0 fully saturated rings. The van der Waals surface area contributed by atoms with Gasteiger partial charge >= 0.3 is 6.09 Å². The molecular weight excluding hydrogens is 429 g/mol. The van der Waals surface area contributed by atoms with E-state index in [1.54, 1.807) is 30.9 Å². The van der Waals surface area contributed by atoms with E-state index in [-0.39, 0.29) is 23.1 Å². The van der Waals surface area contributed by atoms with Crippen LogP contribution in [0.3, 0.4) is 0 Å². The second-order valence-electron chi connectivity index (χ2n) is 8.33. The molecule has 6 N–H and O–H groups in total. The smallest absolute Gasteiger partial charge is 0.404 e. The highest BCUT2D eigenvalue weighted by molar-refractivity contribution is 6.00. The van der Waals surface area contributed by atoms with Gasteiger partial charge in [-0.25, -0.2) is 14.2 Å². The second kappa shape index (κ2) is 9.72. The lowest BCUT2D eigenvalue weighted by Crippen LogP contribution is -2.45. The molecule has 33 heavy (non-hydrogen) atoms. The van der Waals surface area contributed by atoms with Crippen LogP contribution < -0.4 is 21.7 Å². The van der Waals surface area contributed by atoms with Gasteiger partial charge in [0.25, 0.3) is 5.91 Å². The minimum atomic E-state index is -1.18. The van der Waals surface area contributed by atoms with Crippen LogP contribution in [0, 0.1) is 11.7 Å². The predicted octanol–water partition coefficient (Wildman–Crippen LogP) is 3.43. The summed E-state index contributed by atoms with van der Waals surface area (Å²) >= 11 is 0. The van der Waals surface area contributed by atoms with Crippen LogP contribution in [0.25, 0.3) is 10.9 Å². The number of halogens is 1. The Hall–Kier alpha value is -3.89. The number of carbonyl (C=O) groups is 2. The normalized spacial score (nSPS) is 13.0. The van der Waals surface area contributed by atoms with Crippen LogP contribution >= 0.6 is 0 Å². The first-order valence-corrected chi connectivity index (χ1v) is 10.5. The monoisotopic (exact) mass is 457 g/mol. The molecule has 0 saturated heterocycles. The highest BCUT2D eigenvalue weighted by Crippen LogP contribution is 2.29. The Morgan fingerprint density at radius 3 is 2.61 bits per heavy atom. The van der Waals surface area contributed by atoms with Gasteiger partial charge in [-0.3, -0.25) is 9.48 Å². The van der Waals surface area contributed by atoms with Crippen molar-refractivity contribution in [2.75, 3.05) is 10.6 Å². The number of rotatable bonds is 9. The second-order valence-corrected chi connectivity index (χ2v) is 8.33. The summed E-state index contributed by atoms with van der Waals surface area (Å²) in [5.74, 6) is -1.46. The molecule has 176 valence electrons. The van der Waals surface area contributed by atoms with E-state index in [0.29, 0.717) is 12.1 Å². The molecule has 2 heterocycles. The van der Waals surface area contributed by atoms with Crippen molar-refractivity contribution in [2.24, 2.45) is 18.7 Å². The topological polar surface area (TPSA) is 147 Å². The number of aromatic nitrogens is 3. The number of anilines is 3. The van der Waals surface area contributed by atoms with E-state index in [9.17, 15) is 14.0 Å². The van der Waals surface area contributed by atoms with Gasteiger partial charge in [-0.2, -0.15) is 5.10 Å². The van der Waals surface area contributed by atoms with Gasteiger partial charge in [-0.15, -0.1) is 0 Å². The molecule has 3 rings (SSSR count). The first kappa shape index (κ1) is 23.8. The Morgan fingerprint density at radius 2 is 1.97 bits per heavy atom. The van der Waals surface area contributed by atoms with Crippen molar-refractivity contribution in [1.82, 2.24) is 20.1 Å². The average Bonchev–Trinajstić information content (AvgIpc) is 3.10. The van der Waals surface area contributed by atoms with Gasteiger partial charge in [0.1, 0.15) is 5.82 Å². The van der Waals surface area contributed by atoms with Crippen molar-refractivity contribution in [1.29, 1.82) is 0 Å². The molecule has 0 saturated carbocycles. The molecule has 0 spiro atoms. The lowest BCUT2D eigenvalue weighted by molar-refractivity contribution is 0.100. The third kappa shape index (κ3) is 5.48. The molecule has 10 nitrogen and oxygen atoms in total. The quantitative estimate of drug-likeness (QED) is 0.331. The van der Waals surface area contributed by atoms with Crippen LogP contribution in [0.2, 0.25) is 0 Å². The lowest BCUT2D eigenvalue weighted by atomic mass is 9.98. The fourth-order valence-corrected chi connectivity index (χ4v) is 3.65. The van der Waals surface area contributed by atoms with E-state index in [0.717, 1.165) is 17.0 Å². The third-order valence-electron chi connectivity index (χ3n) is 5.29. The van der Waals surface area contributed by atoms with E-state index >= 15 is 0 Å². The van der Waals surface area contributed by atoms with Crippen LogP contribution in [0.5, 0.6) is 0 Å². The molecule has 0 aliphatic heterocycles. The van der Waals surface area contributed by atoms with Crippen LogP contribution in [0.15, 0.2) is 30.5 Å². The fourth-order valence-electron chi connectivity index (χ4n) is 3.65. The Bertz CT molecular complexity index is 1180. The van der Waals surface area contributed by atoms with Crippen LogP contribution in [0.4, 0.5) is 26.5 Å². The molecule has 0 aliphatic rings. The summed E-state index contributed by atoms with van der Waals surface area (Å²) in [5.41, 5.74) is 6.83. The van der Waals surface area contributed by atoms with Crippen molar-refractivity contribution in [3.8, 4) is 0 Å². The Morgan fingerprint density at radius 1 is 1.24 bits per heavy atom. The van der Waals surface area contributed by atoms with Crippen molar-refractivity contribution in [2.45, 2.75) is 39.3 Å². The maximum absolute atomic E-state index is 14.9. The standard InChI is InChI=1S/C22H28FN7O3/c1-11(2)8-17(12(3)26-22(32)33)28-21-15(23)9-13(19(24)31)20(29-21)27-16-6-5-7-18-14(16)10-25-30(18)4/h5-7,9-12,17,26H,8H2,1-4H3,(H2,24,31)(H,32,33)(H2,27,28,29)/t12-,17-/m0/s1. The number of nitrogens with two attached hydrogens (primary N) is 1. The van der Waals surface area contributed by atoms with E-state index in [4.69, 9.17) is 10.8 Å². The number of primary amides is 1. The third-order valence-corrected chi connectivity index (χ3v) is 5.29. The van der Waals surface area contributed by atoms with Gasteiger partial charge in [0, 0.05) is 24.5 Å². The van der Waals surface area contributed by atoms with E-state index < -0.39 is 29.9 Å². The number of fused-ring (bicyclic) bond motifs is 1. The number of nitrogens with zero attached hydrogens (tertiary/aromatic N) is 3. The maximum Gasteiger partial charge on any atom is 0.404 e.